The molecule has 3 N–H and O–H groups in total. The molecule has 3 heteroatoms. The lowest BCUT2D eigenvalue weighted by molar-refractivity contribution is -0.123. The Morgan fingerprint density at radius 3 is 1.62 bits per heavy atom. The van der Waals surface area contributed by atoms with Crippen molar-refractivity contribution in [2.75, 3.05) is 0 Å². The standard InChI is InChI=1S/C10H22N2O/c1-9(2,3)7(8(11)13)12-10(4,5)6/h7,12H,1-6H3,(H2,11,13). The second-order valence-electron chi connectivity index (χ2n) is 5.60. The molecule has 0 fully saturated rings. The number of hydrogen-bond acceptors (Lipinski definition) is 2. The van der Waals surface area contributed by atoms with E-state index in [-0.39, 0.29) is 22.9 Å². The molecular weight excluding hydrogens is 164 g/mol. The SMILES string of the molecule is CC(C)(C)NC(C(N)=O)C(C)(C)C. The molecule has 0 aromatic carbocycles. The van der Waals surface area contributed by atoms with Crippen LogP contribution in [0.3, 0.4) is 0 Å². The molecule has 1 unspecified atom stereocenters. The van der Waals surface area contributed by atoms with E-state index in [4.69, 9.17) is 5.73 Å². The maximum Gasteiger partial charge on any atom is 0.235 e. The molecule has 0 rings (SSSR count). The van der Waals surface area contributed by atoms with Crippen LogP contribution < -0.4 is 11.1 Å². The van der Waals surface area contributed by atoms with E-state index in [1.807, 2.05) is 41.5 Å². The predicted molar refractivity (Wildman–Crippen MR) is 55.3 cm³/mol. The zero-order valence-electron chi connectivity index (χ0n) is 9.56. The van der Waals surface area contributed by atoms with Crippen LogP contribution in [0, 0.1) is 5.41 Å². The molecule has 0 radical (unpaired) electrons. The molecule has 0 aromatic heterocycles. The van der Waals surface area contributed by atoms with Crippen LogP contribution in [-0.4, -0.2) is 17.5 Å². The van der Waals surface area contributed by atoms with Crippen molar-refractivity contribution in [3.05, 3.63) is 0 Å². The minimum Gasteiger partial charge on any atom is -0.368 e. The Morgan fingerprint density at radius 1 is 1.15 bits per heavy atom. The fraction of sp³-hybridized carbons (Fsp3) is 0.900. The summed E-state index contributed by atoms with van der Waals surface area (Å²) in [6.45, 7) is 12.1. The number of hydrogen-bond donors (Lipinski definition) is 2. The molecule has 0 aliphatic carbocycles. The first kappa shape index (κ1) is 12.4. The predicted octanol–water partition coefficient (Wildman–Crippen LogP) is 1.27. The first-order chi connectivity index (χ1) is 5.54. The van der Waals surface area contributed by atoms with Crippen molar-refractivity contribution < 1.29 is 4.79 Å². The molecule has 0 saturated carbocycles. The van der Waals surface area contributed by atoms with Crippen molar-refractivity contribution >= 4 is 5.91 Å². The van der Waals surface area contributed by atoms with Gasteiger partial charge >= 0.3 is 0 Å². The molecule has 13 heavy (non-hydrogen) atoms. The maximum absolute atomic E-state index is 11.2. The van der Waals surface area contributed by atoms with Crippen molar-refractivity contribution in [3.63, 3.8) is 0 Å². The Morgan fingerprint density at radius 2 is 1.54 bits per heavy atom. The van der Waals surface area contributed by atoms with Gasteiger partial charge in [0, 0.05) is 5.54 Å². The molecular formula is C10H22N2O. The van der Waals surface area contributed by atoms with E-state index < -0.39 is 0 Å². The van der Waals surface area contributed by atoms with E-state index >= 15 is 0 Å². The highest BCUT2D eigenvalue weighted by atomic mass is 16.1. The van der Waals surface area contributed by atoms with Crippen LogP contribution in [0.25, 0.3) is 0 Å². The average Bonchev–Trinajstić information content (AvgIpc) is 1.77. The van der Waals surface area contributed by atoms with Gasteiger partial charge in [0.1, 0.15) is 0 Å². The topological polar surface area (TPSA) is 55.1 Å². The third kappa shape index (κ3) is 4.88. The van der Waals surface area contributed by atoms with Crippen LogP contribution in [0.5, 0.6) is 0 Å². The van der Waals surface area contributed by atoms with Gasteiger partial charge < -0.3 is 11.1 Å². The van der Waals surface area contributed by atoms with Gasteiger partial charge in [-0.1, -0.05) is 20.8 Å². The largest absolute Gasteiger partial charge is 0.368 e. The van der Waals surface area contributed by atoms with E-state index in [0.717, 1.165) is 0 Å². The van der Waals surface area contributed by atoms with E-state index in [2.05, 4.69) is 5.32 Å². The van der Waals surface area contributed by atoms with Crippen molar-refractivity contribution in [1.82, 2.24) is 5.32 Å². The molecule has 78 valence electrons. The van der Waals surface area contributed by atoms with E-state index in [1.165, 1.54) is 0 Å². The van der Waals surface area contributed by atoms with Crippen molar-refractivity contribution in [3.8, 4) is 0 Å². The van der Waals surface area contributed by atoms with Crippen LogP contribution >= 0.6 is 0 Å². The molecule has 0 spiro atoms. The molecule has 3 nitrogen and oxygen atoms in total. The zero-order chi connectivity index (χ0) is 10.9. The minimum absolute atomic E-state index is 0.0903. The van der Waals surface area contributed by atoms with Gasteiger partial charge in [-0.3, -0.25) is 4.79 Å². The maximum atomic E-state index is 11.2. The summed E-state index contributed by atoms with van der Waals surface area (Å²) < 4.78 is 0. The van der Waals surface area contributed by atoms with Crippen LogP contribution in [0.1, 0.15) is 41.5 Å². The lowest BCUT2D eigenvalue weighted by Crippen LogP contribution is -2.56. The minimum atomic E-state index is -0.289. The van der Waals surface area contributed by atoms with Gasteiger partial charge in [-0.05, 0) is 26.2 Å². The van der Waals surface area contributed by atoms with Crippen molar-refractivity contribution in [2.24, 2.45) is 11.1 Å². The summed E-state index contributed by atoms with van der Waals surface area (Å²) in [6.07, 6.45) is 0. The van der Waals surface area contributed by atoms with Crippen LogP contribution in [0.15, 0.2) is 0 Å². The highest BCUT2D eigenvalue weighted by molar-refractivity contribution is 5.80. The quantitative estimate of drug-likeness (QED) is 0.682. The number of nitrogens with one attached hydrogen (secondary N) is 1. The van der Waals surface area contributed by atoms with E-state index in [0.29, 0.717) is 0 Å². The van der Waals surface area contributed by atoms with Crippen molar-refractivity contribution in [1.29, 1.82) is 0 Å². The number of nitrogens with two attached hydrogens (primary N) is 1. The van der Waals surface area contributed by atoms with Gasteiger partial charge in [0.25, 0.3) is 0 Å². The van der Waals surface area contributed by atoms with Gasteiger partial charge in [0.2, 0.25) is 5.91 Å². The third-order valence-corrected chi connectivity index (χ3v) is 1.73. The number of rotatable bonds is 2. The molecule has 0 saturated heterocycles. The first-order valence-corrected chi connectivity index (χ1v) is 4.61. The van der Waals surface area contributed by atoms with Crippen molar-refractivity contribution in [2.45, 2.75) is 53.1 Å². The second kappa shape index (κ2) is 3.66. The fourth-order valence-electron chi connectivity index (χ4n) is 1.15. The van der Waals surface area contributed by atoms with Gasteiger partial charge in [-0.25, -0.2) is 0 Å². The molecule has 1 amide bonds. The smallest absolute Gasteiger partial charge is 0.235 e. The number of amides is 1. The Hall–Kier alpha value is -0.570. The third-order valence-electron chi connectivity index (χ3n) is 1.73. The van der Waals surface area contributed by atoms with Gasteiger partial charge in [0.15, 0.2) is 0 Å². The molecule has 1 atom stereocenters. The molecule has 0 aliphatic heterocycles. The van der Waals surface area contributed by atoms with E-state index in [9.17, 15) is 4.79 Å². The van der Waals surface area contributed by atoms with Gasteiger partial charge in [-0.2, -0.15) is 0 Å². The van der Waals surface area contributed by atoms with E-state index in [1.54, 1.807) is 0 Å². The van der Waals surface area contributed by atoms with Crippen LogP contribution in [-0.2, 0) is 4.79 Å². The van der Waals surface area contributed by atoms with Gasteiger partial charge in [-0.15, -0.1) is 0 Å². The Bertz CT molecular complexity index is 186. The second-order valence-corrected chi connectivity index (χ2v) is 5.60. The van der Waals surface area contributed by atoms with Crippen LogP contribution in [0.2, 0.25) is 0 Å². The summed E-state index contributed by atoms with van der Waals surface area (Å²) >= 11 is 0. The zero-order valence-corrected chi connectivity index (χ0v) is 9.56. The fourth-order valence-corrected chi connectivity index (χ4v) is 1.15. The summed E-state index contributed by atoms with van der Waals surface area (Å²) in [7, 11) is 0. The molecule has 0 bridgehead atoms. The lowest BCUT2D eigenvalue weighted by Gasteiger charge is -2.34. The highest BCUT2D eigenvalue weighted by Crippen LogP contribution is 2.21. The Labute approximate surface area is 81.1 Å². The van der Waals surface area contributed by atoms with Gasteiger partial charge in [0.05, 0.1) is 6.04 Å². The molecule has 0 aliphatic rings. The summed E-state index contributed by atoms with van der Waals surface area (Å²) in [6, 6.07) is -0.285. The first-order valence-electron chi connectivity index (χ1n) is 4.61. The monoisotopic (exact) mass is 186 g/mol. The molecule has 0 aromatic rings. The lowest BCUT2D eigenvalue weighted by atomic mass is 9.85. The number of primary amides is 1. The normalized spacial score (nSPS) is 15.5. The summed E-state index contributed by atoms with van der Waals surface area (Å²) in [5, 5.41) is 3.22. The Balaban J connectivity index is 4.56. The summed E-state index contributed by atoms with van der Waals surface area (Å²) in [4.78, 5) is 11.2. The average molecular weight is 186 g/mol. The Kier molecular flexibility index (Phi) is 3.50. The summed E-state index contributed by atoms with van der Waals surface area (Å²) in [5.41, 5.74) is 5.10. The number of carbonyl (C=O) groups excluding carboxylic acids is 1. The summed E-state index contributed by atoms with van der Waals surface area (Å²) in [5.74, 6) is -0.289. The number of carbonyl (C=O) groups is 1. The molecule has 0 heterocycles. The van der Waals surface area contributed by atoms with Crippen LogP contribution in [0.4, 0.5) is 0 Å². The highest BCUT2D eigenvalue weighted by Gasteiger charge is 2.32.